The van der Waals surface area contributed by atoms with Gasteiger partial charge in [-0.05, 0) is 46.6 Å². The van der Waals surface area contributed by atoms with E-state index in [2.05, 4.69) is 21.2 Å². The van der Waals surface area contributed by atoms with E-state index in [-0.39, 0.29) is 10.6 Å². The molecule has 21 heavy (non-hydrogen) atoms. The normalized spacial score (nSPS) is 10.3. The highest BCUT2D eigenvalue weighted by Gasteiger charge is 2.17. The van der Waals surface area contributed by atoms with E-state index < -0.39 is 11.7 Å². The standard InChI is InChI=1S/C15H12BrClFNO2/c1-8-4-3-5-13(21-2)14(8)19-15(20)9-6-10(16)11(17)7-12(9)18/h3-7H,1-2H3,(H,19,20). The van der Waals surface area contributed by atoms with E-state index in [0.29, 0.717) is 15.9 Å². The van der Waals surface area contributed by atoms with Gasteiger partial charge in [0.05, 0.1) is 23.4 Å². The second-order valence-corrected chi connectivity index (χ2v) is 5.61. The van der Waals surface area contributed by atoms with Crippen LogP contribution in [0.15, 0.2) is 34.8 Å². The third kappa shape index (κ3) is 3.36. The number of methoxy groups -OCH3 is 1. The minimum atomic E-state index is -0.687. The fourth-order valence-electron chi connectivity index (χ4n) is 1.85. The van der Waals surface area contributed by atoms with E-state index in [1.165, 1.54) is 13.2 Å². The molecule has 1 amide bonds. The number of benzene rings is 2. The smallest absolute Gasteiger partial charge is 0.258 e. The van der Waals surface area contributed by atoms with Crippen molar-refractivity contribution in [1.82, 2.24) is 0 Å². The van der Waals surface area contributed by atoms with Gasteiger partial charge in [-0.1, -0.05) is 23.7 Å². The highest BCUT2D eigenvalue weighted by molar-refractivity contribution is 9.10. The maximum Gasteiger partial charge on any atom is 0.258 e. The molecule has 0 radical (unpaired) electrons. The van der Waals surface area contributed by atoms with Crippen LogP contribution in [0.4, 0.5) is 10.1 Å². The second kappa shape index (κ2) is 6.45. The zero-order valence-electron chi connectivity index (χ0n) is 11.3. The Morgan fingerprint density at radius 2 is 2.10 bits per heavy atom. The second-order valence-electron chi connectivity index (χ2n) is 4.35. The molecule has 0 spiro atoms. The van der Waals surface area contributed by atoms with Gasteiger partial charge in [0.2, 0.25) is 0 Å². The molecule has 0 aromatic heterocycles. The van der Waals surface area contributed by atoms with Gasteiger partial charge in [0, 0.05) is 4.47 Å². The molecule has 0 bridgehead atoms. The number of para-hydroxylation sites is 1. The zero-order valence-corrected chi connectivity index (χ0v) is 13.7. The molecule has 2 aromatic rings. The predicted molar refractivity (Wildman–Crippen MR) is 84.8 cm³/mol. The molecule has 6 heteroatoms. The van der Waals surface area contributed by atoms with E-state index >= 15 is 0 Å². The van der Waals surface area contributed by atoms with Crippen LogP contribution < -0.4 is 10.1 Å². The first-order chi connectivity index (χ1) is 9.93. The summed E-state index contributed by atoms with van der Waals surface area (Å²) in [4.78, 5) is 12.2. The monoisotopic (exact) mass is 371 g/mol. The molecule has 2 aromatic carbocycles. The summed E-state index contributed by atoms with van der Waals surface area (Å²) in [7, 11) is 1.50. The third-order valence-corrected chi connectivity index (χ3v) is 4.14. The summed E-state index contributed by atoms with van der Waals surface area (Å²) in [6.45, 7) is 1.83. The van der Waals surface area contributed by atoms with Gasteiger partial charge in [-0.25, -0.2) is 4.39 Å². The average Bonchev–Trinajstić information content (AvgIpc) is 2.44. The van der Waals surface area contributed by atoms with Gasteiger partial charge < -0.3 is 10.1 Å². The molecular weight excluding hydrogens is 361 g/mol. The van der Waals surface area contributed by atoms with Crippen molar-refractivity contribution in [2.24, 2.45) is 0 Å². The zero-order chi connectivity index (χ0) is 15.6. The van der Waals surface area contributed by atoms with Gasteiger partial charge in [0.1, 0.15) is 11.6 Å². The van der Waals surface area contributed by atoms with Crippen LogP contribution >= 0.6 is 27.5 Å². The number of carbonyl (C=O) groups excluding carboxylic acids is 1. The Bertz CT molecular complexity index is 706. The first kappa shape index (κ1) is 15.8. The summed E-state index contributed by atoms with van der Waals surface area (Å²) < 4.78 is 19.5. The van der Waals surface area contributed by atoms with Gasteiger partial charge in [0.25, 0.3) is 5.91 Å². The van der Waals surface area contributed by atoms with Crippen LogP contribution in [0, 0.1) is 12.7 Å². The van der Waals surface area contributed by atoms with Crippen LogP contribution in [0.2, 0.25) is 5.02 Å². The molecule has 0 atom stereocenters. The van der Waals surface area contributed by atoms with Crippen molar-refractivity contribution in [2.75, 3.05) is 12.4 Å². The summed E-state index contributed by atoms with van der Waals surface area (Å²) in [6.07, 6.45) is 0. The summed E-state index contributed by atoms with van der Waals surface area (Å²) in [5.41, 5.74) is 1.23. The average molecular weight is 373 g/mol. The van der Waals surface area contributed by atoms with Crippen LogP contribution in [0.1, 0.15) is 15.9 Å². The molecule has 0 heterocycles. The fraction of sp³-hybridized carbons (Fsp3) is 0.133. The molecule has 0 aliphatic heterocycles. The van der Waals surface area contributed by atoms with Crippen LogP contribution in [0.5, 0.6) is 5.75 Å². The predicted octanol–water partition coefficient (Wildman–Crippen LogP) is 4.81. The van der Waals surface area contributed by atoms with Gasteiger partial charge in [-0.2, -0.15) is 0 Å². The lowest BCUT2D eigenvalue weighted by Crippen LogP contribution is -2.15. The van der Waals surface area contributed by atoms with E-state index in [1.807, 2.05) is 19.1 Å². The highest BCUT2D eigenvalue weighted by Crippen LogP contribution is 2.30. The molecule has 0 unspecified atom stereocenters. The van der Waals surface area contributed by atoms with Crippen molar-refractivity contribution in [3.8, 4) is 5.75 Å². The highest BCUT2D eigenvalue weighted by atomic mass is 79.9. The molecule has 110 valence electrons. The number of anilines is 1. The first-order valence-electron chi connectivity index (χ1n) is 6.03. The lowest BCUT2D eigenvalue weighted by molar-refractivity contribution is 0.102. The Balaban J connectivity index is 2.37. The molecular formula is C15H12BrClFNO2. The molecule has 3 nitrogen and oxygen atoms in total. The van der Waals surface area contributed by atoms with Gasteiger partial charge in [-0.15, -0.1) is 0 Å². The molecule has 0 saturated carbocycles. The number of hydrogen-bond acceptors (Lipinski definition) is 2. The molecule has 0 fully saturated rings. The third-order valence-electron chi connectivity index (χ3n) is 2.95. The maximum atomic E-state index is 13.9. The Kier molecular flexibility index (Phi) is 4.85. The topological polar surface area (TPSA) is 38.3 Å². The van der Waals surface area contributed by atoms with Crippen LogP contribution in [0.25, 0.3) is 0 Å². The quantitative estimate of drug-likeness (QED) is 0.785. The number of halogens is 3. The van der Waals surface area contributed by atoms with E-state index in [1.54, 1.807) is 6.07 Å². The molecule has 0 aliphatic rings. The number of carbonyl (C=O) groups is 1. The Morgan fingerprint density at radius 3 is 2.76 bits per heavy atom. The van der Waals surface area contributed by atoms with Gasteiger partial charge in [-0.3, -0.25) is 4.79 Å². The number of rotatable bonds is 3. The first-order valence-corrected chi connectivity index (χ1v) is 7.20. The van der Waals surface area contributed by atoms with Gasteiger partial charge >= 0.3 is 0 Å². The largest absolute Gasteiger partial charge is 0.495 e. The van der Waals surface area contributed by atoms with Crippen LogP contribution in [0.3, 0.4) is 0 Å². The molecule has 1 N–H and O–H groups in total. The van der Waals surface area contributed by atoms with E-state index in [4.69, 9.17) is 16.3 Å². The summed E-state index contributed by atoms with van der Waals surface area (Å²) in [5, 5.41) is 2.87. The fourth-order valence-corrected chi connectivity index (χ4v) is 2.34. The number of aryl methyl sites for hydroxylation is 1. The number of ether oxygens (including phenoxy) is 1. The minimum Gasteiger partial charge on any atom is -0.495 e. The van der Waals surface area contributed by atoms with Crippen molar-refractivity contribution < 1.29 is 13.9 Å². The van der Waals surface area contributed by atoms with Crippen LogP contribution in [-0.4, -0.2) is 13.0 Å². The Labute approximate surface area is 135 Å². The SMILES string of the molecule is COc1cccc(C)c1NC(=O)c1cc(Br)c(Cl)cc1F. The lowest BCUT2D eigenvalue weighted by Gasteiger charge is -2.13. The van der Waals surface area contributed by atoms with Crippen molar-refractivity contribution in [3.63, 3.8) is 0 Å². The number of nitrogens with one attached hydrogen (secondary N) is 1. The minimum absolute atomic E-state index is 0.100. The maximum absolute atomic E-state index is 13.9. The van der Waals surface area contributed by atoms with Crippen molar-refractivity contribution >= 4 is 39.1 Å². The van der Waals surface area contributed by atoms with Crippen molar-refractivity contribution in [2.45, 2.75) is 6.92 Å². The van der Waals surface area contributed by atoms with E-state index in [9.17, 15) is 9.18 Å². The Hall–Kier alpha value is -1.59. The molecule has 0 aliphatic carbocycles. The molecule has 2 rings (SSSR count). The summed E-state index contributed by atoms with van der Waals surface area (Å²) in [5.74, 6) is -0.748. The van der Waals surface area contributed by atoms with Gasteiger partial charge in [0.15, 0.2) is 0 Å². The van der Waals surface area contributed by atoms with Crippen molar-refractivity contribution in [1.29, 1.82) is 0 Å². The molecule has 0 saturated heterocycles. The number of hydrogen-bond donors (Lipinski definition) is 1. The summed E-state index contributed by atoms with van der Waals surface area (Å²) >= 11 is 8.96. The summed E-state index contributed by atoms with van der Waals surface area (Å²) in [6, 6.07) is 7.79. The Morgan fingerprint density at radius 1 is 1.38 bits per heavy atom. The van der Waals surface area contributed by atoms with E-state index in [0.717, 1.165) is 11.6 Å². The number of amides is 1. The van der Waals surface area contributed by atoms with Crippen LogP contribution in [-0.2, 0) is 0 Å². The lowest BCUT2D eigenvalue weighted by atomic mass is 10.1. The van der Waals surface area contributed by atoms with Crippen molar-refractivity contribution in [3.05, 3.63) is 56.8 Å².